The van der Waals surface area contributed by atoms with E-state index in [0.29, 0.717) is 0 Å². The highest BCUT2D eigenvalue weighted by molar-refractivity contribution is 7.92. The molecule has 2 rings (SSSR count). The van der Waals surface area contributed by atoms with Gasteiger partial charge in [0.2, 0.25) is 11.8 Å². The summed E-state index contributed by atoms with van der Waals surface area (Å²) in [6.45, 7) is 5.37. The van der Waals surface area contributed by atoms with Crippen molar-refractivity contribution in [1.82, 2.24) is 5.32 Å². The minimum Gasteiger partial charge on any atom is -0.355 e. The zero-order valence-electron chi connectivity index (χ0n) is 16.8. The minimum atomic E-state index is -4.24. The number of carbonyl (C=O) groups excluding carboxylic acids is 2. The predicted molar refractivity (Wildman–Crippen MR) is 114 cm³/mol. The summed E-state index contributed by atoms with van der Waals surface area (Å²) in [5.74, 6) is -1.56. The molecule has 0 saturated heterocycles. The molecule has 0 saturated carbocycles. The standard InChI is InChI=1S/C20H23ClFN3O4S/c1-20(2,3)19(27)23-11-10-18(26)24-16-12-13(21)8-9-15(16)25-30(28,29)17-7-5-4-6-14(17)22/h4-9,12,25H,10-11H2,1-3H3,(H,23,27)(H,24,26). The molecule has 2 amide bonds. The molecule has 0 atom stereocenters. The summed E-state index contributed by atoms with van der Waals surface area (Å²) in [4.78, 5) is 23.6. The Kier molecular flexibility index (Phi) is 7.44. The first-order chi connectivity index (χ1) is 13.9. The fourth-order valence-corrected chi connectivity index (χ4v) is 3.67. The Morgan fingerprint density at radius 3 is 2.37 bits per heavy atom. The van der Waals surface area contributed by atoms with E-state index in [-0.39, 0.29) is 35.3 Å². The smallest absolute Gasteiger partial charge is 0.264 e. The van der Waals surface area contributed by atoms with E-state index in [1.54, 1.807) is 20.8 Å². The van der Waals surface area contributed by atoms with Crippen LogP contribution in [-0.2, 0) is 19.6 Å². The summed E-state index contributed by atoms with van der Waals surface area (Å²) >= 11 is 5.96. The number of rotatable bonds is 7. The van der Waals surface area contributed by atoms with E-state index in [0.717, 1.165) is 12.1 Å². The molecule has 162 valence electrons. The maximum absolute atomic E-state index is 13.9. The first kappa shape index (κ1) is 23.6. The normalized spacial score (nSPS) is 11.6. The van der Waals surface area contributed by atoms with Gasteiger partial charge in [0, 0.05) is 23.4 Å². The third kappa shape index (κ3) is 6.43. The summed E-state index contributed by atoms with van der Waals surface area (Å²) in [5, 5.41) is 5.47. The first-order valence-corrected chi connectivity index (χ1v) is 10.9. The van der Waals surface area contributed by atoms with Crippen molar-refractivity contribution in [3.05, 3.63) is 53.3 Å². The second kappa shape index (κ2) is 9.44. The lowest BCUT2D eigenvalue weighted by molar-refractivity contribution is -0.128. The van der Waals surface area contributed by atoms with Gasteiger partial charge in [-0.3, -0.25) is 14.3 Å². The lowest BCUT2D eigenvalue weighted by Crippen LogP contribution is -2.36. The van der Waals surface area contributed by atoms with Crippen LogP contribution in [0.1, 0.15) is 27.2 Å². The van der Waals surface area contributed by atoms with Crippen LogP contribution in [0.3, 0.4) is 0 Å². The van der Waals surface area contributed by atoms with E-state index in [9.17, 15) is 22.4 Å². The molecule has 0 bridgehead atoms. The third-order valence-corrected chi connectivity index (χ3v) is 5.58. The number of nitrogens with one attached hydrogen (secondary N) is 3. The van der Waals surface area contributed by atoms with E-state index in [4.69, 9.17) is 11.6 Å². The van der Waals surface area contributed by atoms with Crippen molar-refractivity contribution >= 4 is 44.8 Å². The van der Waals surface area contributed by atoms with Crippen molar-refractivity contribution < 1.29 is 22.4 Å². The molecule has 30 heavy (non-hydrogen) atoms. The molecule has 3 N–H and O–H groups in total. The highest BCUT2D eigenvalue weighted by atomic mass is 35.5. The highest BCUT2D eigenvalue weighted by Crippen LogP contribution is 2.28. The van der Waals surface area contributed by atoms with Crippen molar-refractivity contribution in [3.8, 4) is 0 Å². The molecule has 0 spiro atoms. The summed E-state index contributed by atoms with van der Waals surface area (Å²) in [6, 6.07) is 9.09. The maximum atomic E-state index is 13.9. The summed E-state index contributed by atoms with van der Waals surface area (Å²) in [6.07, 6.45) is -0.0339. The van der Waals surface area contributed by atoms with E-state index >= 15 is 0 Å². The van der Waals surface area contributed by atoms with Gasteiger partial charge in [0.1, 0.15) is 10.7 Å². The van der Waals surface area contributed by atoms with Crippen LogP contribution in [0, 0.1) is 11.2 Å². The van der Waals surface area contributed by atoms with E-state index < -0.39 is 32.1 Å². The average Bonchev–Trinajstić information content (AvgIpc) is 2.63. The van der Waals surface area contributed by atoms with E-state index in [2.05, 4.69) is 15.4 Å². The topological polar surface area (TPSA) is 104 Å². The summed E-state index contributed by atoms with van der Waals surface area (Å²) in [5.41, 5.74) is -0.453. The summed E-state index contributed by atoms with van der Waals surface area (Å²) < 4.78 is 41.3. The number of anilines is 2. The van der Waals surface area contributed by atoms with Crippen LogP contribution in [0.25, 0.3) is 0 Å². The number of amides is 2. The van der Waals surface area contributed by atoms with Gasteiger partial charge in [0.15, 0.2) is 0 Å². The fraction of sp³-hybridized carbons (Fsp3) is 0.300. The van der Waals surface area contributed by atoms with Gasteiger partial charge in [-0.05, 0) is 30.3 Å². The molecular weight excluding hydrogens is 433 g/mol. The Bertz CT molecular complexity index is 1050. The van der Waals surface area contributed by atoms with Crippen LogP contribution in [0.5, 0.6) is 0 Å². The molecule has 10 heteroatoms. The van der Waals surface area contributed by atoms with Crippen molar-refractivity contribution in [2.24, 2.45) is 5.41 Å². The van der Waals surface area contributed by atoms with Gasteiger partial charge in [-0.15, -0.1) is 0 Å². The van der Waals surface area contributed by atoms with Gasteiger partial charge in [-0.1, -0.05) is 44.5 Å². The third-order valence-electron chi connectivity index (χ3n) is 3.94. The summed E-state index contributed by atoms with van der Waals surface area (Å²) in [7, 11) is -4.24. The minimum absolute atomic E-state index is 0.0229. The zero-order valence-corrected chi connectivity index (χ0v) is 18.3. The van der Waals surface area contributed by atoms with Crippen LogP contribution < -0.4 is 15.4 Å². The van der Waals surface area contributed by atoms with Crippen LogP contribution in [0.4, 0.5) is 15.8 Å². The van der Waals surface area contributed by atoms with E-state index in [1.165, 1.54) is 30.3 Å². The van der Waals surface area contributed by atoms with E-state index in [1.807, 2.05) is 0 Å². The molecule has 0 heterocycles. The van der Waals surface area contributed by atoms with Crippen LogP contribution in [0.2, 0.25) is 5.02 Å². The molecule has 0 aliphatic carbocycles. The molecule has 0 aliphatic heterocycles. The first-order valence-electron chi connectivity index (χ1n) is 9.05. The van der Waals surface area contributed by atoms with Gasteiger partial charge in [-0.2, -0.15) is 0 Å². The predicted octanol–water partition coefficient (Wildman–Crippen LogP) is 3.77. The Morgan fingerprint density at radius 1 is 1.07 bits per heavy atom. The number of hydrogen-bond acceptors (Lipinski definition) is 4. The number of halogens is 2. The van der Waals surface area contributed by atoms with Crippen LogP contribution in [-0.4, -0.2) is 26.8 Å². The largest absolute Gasteiger partial charge is 0.355 e. The molecule has 0 unspecified atom stereocenters. The molecule has 2 aromatic carbocycles. The van der Waals surface area contributed by atoms with Gasteiger partial charge < -0.3 is 10.6 Å². The highest BCUT2D eigenvalue weighted by Gasteiger charge is 2.22. The van der Waals surface area contributed by atoms with Gasteiger partial charge in [0.05, 0.1) is 11.4 Å². The molecule has 7 nitrogen and oxygen atoms in total. The second-order valence-electron chi connectivity index (χ2n) is 7.53. The maximum Gasteiger partial charge on any atom is 0.264 e. The monoisotopic (exact) mass is 455 g/mol. The fourth-order valence-electron chi connectivity index (χ4n) is 2.34. The van der Waals surface area contributed by atoms with Crippen molar-refractivity contribution in [1.29, 1.82) is 0 Å². The van der Waals surface area contributed by atoms with Crippen molar-refractivity contribution in [2.75, 3.05) is 16.6 Å². The molecule has 0 aliphatic rings. The number of hydrogen-bond donors (Lipinski definition) is 3. The molecular formula is C20H23ClFN3O4S. The zero-order chi connectivity index (χ0) is 22.5. The number of benzene rings is 2. The van der Waals surface area contributed by atoms with Crippen LogP contribution in [0.15, 0.2) is 47.4 Å². The van der Waals surface area contributed by atoms with Gasteiger partial charge in [-0.25, -0.2) is 12.8 Å². The molecule has 2 aromatic rings. The average molecular weight is 456 g/mol. The second-order valence-corrected chi connectivity index (χ2v) is 9.62. The number of sulfonamides is 1. The molecule has 0 aromatic heterocycles. The van der Waals surface area contributed by atoms with Crippen molar-refractivity contribution in [3.63, 3.8) is 0 Å². The number of carbonyl (C=O) groups is 2. The lowest BCUT2D eigenvalue weighted by atomic mass is 9.96. The lowest BCUT2D eigenvalue weighted by Gasteiger charge is -2.18. The SMILES string of the molecule is CC(C)(C)C(=O)NCCC(=O)Nc1cc(Cl)ccc1NS(=O)(=O)c1ccccc1F. The van der Waals surface area contributed by atoms with Gasteiger partial charge >= 0.3 is 0 Å². The van der Waals surface area contributed by atoms with Crippen molar-refractivity contribution in [2.45, 2.75) is 32.1 Å². The Morgan fingerprint density at radius 2 is 1.73 bits per heavy atom. The Labute approximate surface area is 180 Å². The Hall–Kier alpha value is -2.65. The molecule has 0 radical (unpaired) electrons. The molecule has 0 fully saturated rings. The van der Waals surface area contributed by atoms with Crippen LogP contribution >= 0.6 is 11.6 Å². The quantitative estimate of drug-likeness (QED) is 0.591. The Balaban J connectivity index is 2.13. The van der Waals surface area contributed by atoms with Gasteiger partial charge in [0.25, 0.3) is 10.0 Å².